The molecule has 0 saturated carbocycles. The van der Waals surface area contributed by atoms with Gasteiger partial charge in [0, 0.05) is 52.3 Å². The molecule has 6 bridgehead atoms. The molecule has 3 aromatic carbocycles. The number of phenolic OH excluding ortho intramolecular Hbond substituents is 3. The molecule has 0 spiro atoms. The summed E-state index contributed by atoms with van der Waals surface area (Å²) in [5, 5.41) is 33.8. The fourth-order valence-electron chi connectivity index (χ4n) is 5.37. The zero-order chi connectivity index (χ0) is 31.6. The first-order chi connectivity index (χ1) is 20.8. The first-order valence-corrected chi connectivity index (χ1v) is 15.0. The third-order valence-corrected chi connectivity index (χ3v) is 8.06. The zero-order valence-electron chi connectivity index (χ0n) is 26.6. The van der Waals surface area contributed by atoms with Gasteiger partial charge in [-0.15, -0.1) is 0 Å². The molecule has 0 radical (unpaired) electrons. The minimum Gasteiger partial charge on any atom is -0.507 e. The first-order valence-electron chi connectivity index (χ1n) is 15.0. The second-order valence-corrected chi connectivity index (χ2v) is 13.8. The van der Waals surface area contributed by atoms with E-state index in [0.29, 0.717) is 39.9 Å². The first kappa shape index (κ1) is 31.6. The van der Waals surface area contributed by atoms with Crippen LogP contribution in [0, 0.1) is 0 Å². The number of benzene rings is 3. The van der Waals surface area contributed by atoms with E-state index in [2.05, 4.69) is 46.5 Å². The SMILES string of the molecule is CC(C)(C)c1cc2c(O)c(c1)COCc1cc(C(C)(C)C)cc(c1O)COCc1cc(Cn3ccnc3)cc(c1O)COC2. The molecule has 4 aromatic rings. The van der Waals surface area contributed by atoms with Gasteiger partial charge in [-0.2, -0.15) is 0 Å². The predicted molar refractivity (Wildman–Crippen MR) is 169 cm³/mol. The number of hydrogen-bond acceptors (Lipinski definition) is 7. The lowest BCUT2D eigenvalue weighted by molar-refractivity contribution is 0.0928. The smallest absolute Gasteiger partial charge is 0.126 e. The van der Waals surface area contributed by atoms with Crippen molar-refractivity contribution in [2.75, 3.05) is 0 Å². The van der Waals surface area contributed by atoms with E-state index in [0.717, 1.165) is 16.7 Å². The highest BCUT2D eigenvalue weighted by molar-refractivity contribution is 5.47. The molecule has 0 unspecified atom stereocenters. The Kier molecular flexibility index (Phi) is 9.07. The lowest BCUT2D eigenvalue weighted by atomic mass is 9.84. The molecule has 0 aliphatic carbocycles. The number of aromatic nitrogens is 2. The molecule has 2 heterocycles. The number of nitrogens with zero attached hydrogens (tertiary/aromatic N) is 2. The Hall–Kier alpha value is -3.85. The van der Waals surface area contributed by atoms with Crippen LogP contribution in [-0.4, -0.2) is 24.9 Å². The van der Waals surface area contributed by atoms with E-state index in [9.17, 15) is 15.3 Å². The Labute approximate surface area is 259 Å². The van der Waals surface area contributed by atoms with Gasteiger partial charge in [0.25, 0.3) is 0 Å². The third-order valence-electron chi connectivity index (χ3n) is 8.06. The minimum absolute atomic E-state index is 0.107. The average Bonchev–Trinajstić information content (AvgIpc) is 3.45. The van der Waals surface area contributed by atoms with Gasteiger partial charge >= 0.3 is 0 Å². The van der Waals surface area contributed by atoms with E-state index < -0.39 is 0 Å². The minimum atomic E-state index is -0.169. The normalized spacial score (nSPS) is 15.0. The van der Waals surface area contributed by atoms with Gasteiger partial charge in [0.1, 0.15) is 17.2 Å². The van der Waals surface area contributed by atoms with Crippen molar-refractivity contribution in [1.82, 2.24) is 9.55 Å². The van der Waals surface area contributed by atoms with Crippen molar-refractivity contribution < 1.29 is 29.5 Å². The van der Waals surface area contributed by atoms with Gasteiger partial charge in [0.2, 0.25) is 0 Å². The number of imidazole rings is 1. The molecule has 1 aliphatic rings. The number of phenols is 3. The highest BCUT2D eigenvalue weighted by Crippen LogP contribution is 2.36. The van der Waals surface area contributed by atoms with Crippen molar-refractivity contribution in [3.63, 3.8) is 0 Å². The maximum absolute atomic E-state index is 11.3. The Bertz CT molecular complexity index is 1510. The molecule has 5 rings (SSSR count). The predicted octanol–water partition coefficient (Wildman–Crippen LogP) is 7.11. The van der Waals surface area contributed by atoms with E-state index in [4.69, 9.17) is 14.2 Å². The third kappa shape index (κ3) is 7.26. The molecular formula is C36H44N2O6. The van der Waals surface area contributed by atoms with Crippen LogP contribution in [0.5, 0.6) is 17.2 Å². The van der Waals surface area contributed by atoms with Crippen molar-refractivity contribution in [3.8, 4) is 17.2 Å². The van der Waals surface area contributed by atoms with Crippen molar-refractivity contribution >= 4 is 0 Å². The molecule has 8 nitrogen and oxygen atoms in total. The summed E-state index contributed by atoms with van der Waals surface area (Å²) in [4.78, 5) is 4.15. The Morgan fingerprint density at radius 2 is 0.932 bits per heavy atom. The summed E-state index contributed by atoms with van der Waals surface area (Å²) in [5.41, 5.74) is 6.56. The van der Waals surface area contributed by atoms with Crippen LogP contribution in [0.15, 0.2) is 55.1 Å². The van der Waals surface area contributed by atoms with Gasteiger partial charge in [0.15, 0.2) is 0 Å². The van der Waals surface area contributed by atoms with Crippen molar-refractivity contribution in [1.29, 1.82) is 0 Å². The molecule has 1 aliphatic heterocycles. The quantitative estimate of drug-likeness (QED) is 0.225. The van der Waals surface area contributed by atoms with Crippen molar-refractivity contribution in [2.45, 2.75) is 98.6 Å². The van der Waals surface area contributed by atoms with Crippen molar-refractivity contribution in [3.05, 3.63) is 105 Å². The Morgan fingerprint density at radius 3 is 1.23 bits per heavy atom. The van der Waals surface area contributed by atoms with Gasteiger partial charge in [0.05, 0.1) is 46.0 Å². The van der Waals surface area contributed by atoms with Crippen LogP contribution in [0.4, 0.5) is 0 Å². The zero-order valence-corrected chi connectivity index (χ0v) is 26.6. The number of aromatic hydroxyl groups is 3. The van der Waals surface area contributed by atoms with Gasteiger partial charge in [-0.1, -0.05) is 41.5 Å². The maximum Gasteiger partial charge on any atom is 0.126 e. The van der Waals surface area contributed by atoms with E-state index in [1.807, 2.05) is 47.2 Å². The maximum atomic E-state index is 11.3. The number of hydrogen-bond donors (Lipinski definition) is 3. The topological polar surface area (TPSA) is 106 Å². The van der Waals surface area contributed by atoms with Gasteiger partial charge < -0.3 is 34.1 Å². The Morgan fingerprint density at radius 1 is 0.591 bits per heavy atom. The van der Waals surface area contributed by atoms with Crippen molar-refractivity contribution in [2.24, 2.45) is 0 Å². The molecule has 234 valence electrons. The van der Waals surface area contributed by atoms with Gasteiger partial charge in [-0.3, -0.25) is 0 Å². The van der Waals surface area contributed by atoms with Crippen LogP contribution in [0.25, 0.3) is 0 Å². The van der Waals surface area contributed by atoms with E-state index in [1.165, 1.54) is 0 Å². The molecule has 3 N–H and O–H groups in total. The second-order valence-electron chi connectivity index (χ2n) is 13.8. The molecule has 44 heavy (non-hydrogen) atoms. The van der Waals surface area contributed by atoms with E-state index in [-0.39, 0.29) is 67.7 Å². The van der Waals surface area contributed by atoms with E-state index in [1.54, 1.807) is 12.5 Å². The molecule has 0 fully saturated rings. The molecule has 0 amide bonds. The van der Waals surface area contributed by atoms with Gasteiger partial charge in [-0.05, 0) is 63.9 Å². The summed E-state index contributed by atoms with van der Waals surface area (Å²) < 4.78 is 20.3. The lowest BCUT2D eigenvalue weighted by Crippen LogP contribution is -2.14. The van der Waals surface area contributed by atoms with Crippen LogP contribution < -0.4 is 0 Å². The molecule has 8 heteroatoms. The monoisotopic (exact) mass is 600 g/mol. The van der Waals surface area contributed by atoms with E-state index >= 15 is 0 Å². The fraction of sp³-hybridized carbons (Fsp3) is 0.417. The van der Waals surface area contributed by atoms with Crippen LogP contribution in [0.2, 0.25) is 0 Å². The second kappa shape index (κ2) is 12.6. The summed E-state index contributed by atoms with van der Waals surface area (Å²) in [6.45, 7) is 14.2. The molecule has 0 atom stereocenters. The molecular weight excluding hydrogens is 556 g/mol. The Balaban J connectivity index is 1.57. The summed E-state index contributed by atoms with van der Waals surface area (Å²) in [6, 6.07) is 11.7. The largest absolute Gasteiger partial charge is 0.507 e. The number of fused-ring (bicyclic) bond motifs is 6. The molecule has 0 saturated heterocycles. The summed E-state index contributed by atoms with van der Waals surface area (Å²) >= 11 is 0. The fourth-order valence-corrected chi connectivity index (χ4v) is 5.37. The van der Waals surface area contributed by atoms with Crippen LogP contribution in [0.3, 0.4) is 0 Å². The summed E-state index contributed by atoms with van der Waals surface area (Å²) in [7, 11) is 0. The standard InChI is InChI=1S/C36H44N2O6/c1-35(2,3)30-11-26-18-42-16-24-9-23(15-38-8-7-37-22-38)10-25(32(24)39)17-43-19-27-12-31(36(4,5)6)14-29(34(27)41)21-44-20-28(13-30)33(26)40/h7-14,22,39-41H,15-21H2,1-6H3. The molecule has 1 aromatic heterocycles. The average molecular weight is 601 g/mol. The van der Waals surface area contributed by atoms with Gasteiger partial charge in [-0.25, -0.2) is 4.98 Å². The summed E-state index contributed by atoms with van der Waals surface area (Å²) in [6.07, 6.45) is 5.36. The van der Waals surface area contributed by atoms with Crippen LogP contribution >= 0.6 is 0 Å². The van der Waals surface area contributed by atoms with Crippen LogP contribution in [-0.2, 0) is 71.2 Å². The van der Waals surface area contributed by atoms with Crippen LogP contribution in [0.1, 0.15) is 91.6 Å². The number of rotatable bonds is 2. The highest BCUT2D eigenvalue weighted by atomic mass is 16.5. The lowest BCUT2D eigenvalue weighted by Gasteiger charge is -2.24. The number of ether oxygens (including phenoxy) is 3. The summed E-state index contributed by atoms with van der Waals surface area (Å²) in [5.74, 6) is 0.356. The highest BCUT2D eigenvalue weighted by Gasteiger charge is 2.22.